The van der Waals surface area contributed by atoms with E-state index in [9.17, 15) is 19.2 Å². The average Bonchev–Trinajstić information content (AvgIpc) is 2.87. The zero-order chi connectivity index (χ0) is 18.7. The van der Waals surface area contributed by atoms with Crippen molar-refractivity contribution in [3.05, 3.63) is 65.7 Å². The topological polar surface area (TPSA) is 102 Å². The maximum Gasteiger partial charge on any atom is 0.413 e. The number of carbonyl (C=O) groups excluding carboxylic acids is 4. The third-order valence-electron chi connectivity index (χ3n) is 3.58. The number of para-hydroxylation sites is 1. The van der Waals surface area contributed by atoms with Gasteiger partial charge in [-0.05, 0) is 31.2 Å². The Hall–Kier alpha value is -3.68. The second-order valence-electron chi connectivity index (χ2n) is 5.43. The van der Waals surface area contributed by atoms with Crippen LogP contribution < -0.4 is 10.1 Å². The molecule has 1 atom stereocenters. The Balaban J connectivity index is 1.59. The summed E-state index contributed by atoms with van der Waals surface area (Å²) in [6.45, 7) is 1.34. The van der Waals surface area contributed by atoms with Gasteiger partial charge in [-0.3, -0.25) is 9.59 Å². The van der Waals surface area contributed by atoms with Gasteiger partial charge in [0.05, 0.1) is 11.1 Å². The number of carbonyl (C=O) groups is 4. The molecule has 0 radical (unpaired) electrons. The highest BCUT2D eigenvalue weighted by atomic mass is 16.7. The number of hydroxylamine groups is 2. The van der Waals surface area contributed by atoms with Gasteiger partial charge < -0.3 is 14.9 Å². The molecule has 0 bridgehead atoms. The largest absolute Gasteiger partial charge is 0.413 e. The summed E-state index contributed by atoms with van der Waals surface area (Å²) in [7, 11) is 0. The molecule has 1 heterocycles. The summed E-state index contributed by atoms with van der Waals surface area (Å²) in [5.74, 6) is -2.16. The Morgan fingerprint density at radius 3 is 2.04 bits per heavy atom. The number of amides is 3. The van der Waals surface area contributed by atoms with Gasteiger partial charge in [0, 0.05) is 0 Å². The van der Waals surface area contributed by atoms with Crippen LogP contribution in [0.2, 0.25) is 0 Å². The number of imide groups is 1. The highest BCUT2D eigenvalue weighted by Gasteiger charge is 2.39. The molecule has 26 heavy (non-hydrogen) atoms. The number of nitrogens with zero attached hydrogens (tertiary/aromatic N) is 1. The van der Waals surface area contributed by atoms with Crippen LogP contribution in [0, 0.1) is 0 Å². The van der Waals surface area contributed by atoms with Crippen molar-refractivity contribution in [3.63, 3.8) is 0 Å². The van der Waals surface area contributed by atoms with Gasteiger partial charge in [0.2, 0.25) is 0 Å². The number of nitrogens with one attached hydrogen (secondary N) is 1. The molecule has 1 aliphatic heterocycles. The van der Waals surface area contributed by atoms with Crippen molar-refractivity contribution in [2.45, 2.75) is 13.0 Å². The zero-order valence-corrected chi connectivity index (χ0v) is 13.7. The summed E-state index contributed by atoms with van der Waals surface area (Å²) in [6.07, 6.45) is -0.872. The van der Waals surface area contributed by atoms with Gasteiger partial charge in [0.25, 0.3) is 11.8 Å². The summed E-state index contributed by atoms with van der Waals surface area (Å²) in [5, 5.41) is 2.65. The summed E-state index contributed by atoms with van der Waals surface area (Å²) in [4.78, 5) is 53.0. The van der Waals surface area contributed by atoms with Crippen molar-refractivity contribution < 1.29 is 28.8 Å². The van der Waals surface area contributed by atoms with Crippen LogP contribution in [0.25, 0.3) is 0 Å². The fourth-order valence-electron chi connectivity index (χ4n) is 2.28. The number of hydrogen-bond acceptors (Lipinski definition) is 6. The predicted octanol–water partition coefficient (Wildman–Crippen LogP) is 1.92. The maximum atomic E-state index is 12.1. The lowest BCUT2D eigenvalue weighted by molar-refractivity contribution is -0.170. The fourth-order valence-corrected chi connectivity index (χ4v) is 2.28. The summed E-state index contributed by atoms with van der Waals surface area (Å²) >= 11 is 0. The van der Waals surface area contributed by atoms with Gasteiger partial charge in [-0.15, -0.1) is 0 Å². The Morgan fingerprint density at radius 2 is 1.46 bits per heavy atom. The number of rotatable bonds is 4. The first kappa shape index (κ1) is 17.2. The van der Waals surface area contributed by atoms with Crippen molar-refractivity contribution in [2.75, 3.05) is 0 Å². The van der Waals surface area contributed by atoms with E-state index < -0.39 is 29.9 Å². The van der Waals surface area contributed by atoms with E-state index in [0.717, 1.165) is 0 Å². The lowest BCUT2D eigenvalue weighted by Crippen LogP contribution is -2.44. The van der Waals surface area contributed by atoms with Crippen LogP contribution in [0.1, 0.15) is 27.6 Å². The zero-order valence-electron chi connectivity index (χ0n) is 13.7. The van der Waals surface area contributed by atoms with Gasteiger partial charge >= 0.3 is 12.1 Å². The van der Waals surface area contributed by atoms with Crippen molar-refractivity contribution in [3.8, 4) is 5.75 Å². The normalized spacial score (nSPS) is 13.8. The highest BCUT2D eigenvalue weighted by molar-refractivity contribution is 6.20. The molecule has 3 rings (SSSR count). The Morgan fingerprint density at radius 1 is 0.923 bits per heavy atom. The van der Waals surface area contributed by atoms with Crippen LogP contribution in [0.5, 0.6) is 5.75 Å². The highest BCUT2D eigenvalue weighted by Crippen LogP contribution is 2.22. The molecule has 1 unspecified atom stereocenters. The van der Waals surface area contributed by atoms with Crippen molar-refractivity contribution in [1.82, 2.24) is 10.4 Å². The molecule has 1 aliphatic rings. The molecule has 3 amide bonds. The summed E-state index contributed by atoms with van der Waals surface area (Å²) in [6, 6.07) is 13.2. The first-order valence-corrected chi connectivity index (χ1v) is 7.70. The van der Waals surface area contributed by atoms with Gasteiger partial charge in [-0.2, -0.15) is 0 Å². The third kappa shape index (κ3) is 3.39. The molecule has 0 saturated carbocycles. The Bertz CT molecular complexity index is 845. The minimum absolute atomic E-state index is 0.148. The molecule has 0 spiro atoms. The van der Waals surface area contributed by atoms with E-state index in [0.29, 0.717) is 10.8 Å². The van der Waals surface area contributed by atoms with Crippen LogP contribution in [0.4, 0.5) is 4.79 Å². The van der Waals surface area contributed by atoms with Gasteiger partial charge in [0.1, 0.15) is 11.8 Å². The second-order valence-corrected chi connectivity index (χ2v) is 5.43. The number of benzene rings is 2. The second kappa shape index (κ2) is 7.06. The van der Waals surface area contributed by atoms with Crippen LogP contribution in [0.15, 0.2) is 54.6 Å². The molecular weight excluding hydrogens is 340 g/mol. The van der Waals surface area contributed by atoms with Gasteiger partial charge in [0.15, 0.2) is 0 Å². The number of fused-ring (bicyclic) bond motifs is 1. The molecule has 1 N–H and O–H groups in total. The SMILES string of the molecule is CC(NC(=O)Oc1ccccc1)C(=O)ON1C(=O)c2ccccc2C1=O. The van der Waals surface area contributed by atoms with E-state index in [4.69, 9.17) is 9.57 Å². The third-order valence-corrected chi connectivity index (χ3v) is 3.58. The molecule has 0 fully saturated rings. The molecule has 8 heteroatoms. The van der Waals surface area contributed by atoms with Crippen molar-refractivity contribution in [2.24, 2.45) is 0 Å². The van der Waals surface area contributed by atoms with Crippen LogP contribution in [-0.4, -0.2) is 35.0 Å². The molecule has 8 nitrogen and oxygen atoms in total. The molecule has 2 aromatic carbocycles. The van der Waals surface area contributed by atoms with Crippen molar-refractivity contribution >= 4 is 23.9 Å². The lowest BCUT2D eigenvalue weighted by atomic mass is 10.1. The number of ether oxygens (including phenoxy) is 1. The fraction of sp³-hybridized carbons (Fsp3) is 0.111. The van der Waals surface area contributed by atoms with E-state index in [1.807, 2.05) is 0 Å². The lowest BCUT2D eigenvalue weighted by Gasteiger charge is -2.17. The van der Waals surface area contributed by atoms with Crippen LogP contribution in [0.3, 0.4) is 0 Å². The van der Waals surface area contributed by atoms with E-state index in [1.54, 1.807) is 42.5 Å². The number of hydrogen-bond donors (Lipinski definition) is 1. The first-order chi connectivity index (χ1) is 12.5. The van der Waals surface area contributed by atoms with E-state index in [2.05, 4.69) is 5.32 Å². The smallest absolute Gasteiger partial charge is 0.410 e. The summed E-state index contributed by atoms with van der Waals surface area (Å²) < 4.78 is 4.99. The minimum atomic E-state index is -1.14. The van der Waals surface area contributed by atoms with Crippen LogP contribution in [-0.2, 0) is 9.63 Å². The molecule has 0 saturated heterocycles. The van der Waals surface area contributed by atoms with E-state index >= 15 is 0 Å². The molecule has 2 aromatic rings. The maximum absolute atomic E-state index is 12.1. The van der Waals surface area contributed by atoms with Crippen LogP contribution >= 0.6 is 0 Å². The average molecular weight is 354 g/mol. The van der Waals surface area contributed by atoms with Crippen molar-refractivity contribution in [1.29, 1.82) is 0 Å². The first-order valence-electron chi connectivity index (χ1n) is 7.70. The Labute approximate surface area is 148 Å². The molecule has 0 aliphatic carbocycles. The predicted molar refractivity (Wildman–Crippen MR) is 88.1 cm³/mol. The van der Waals surface area contributed by atoms with Gasteiger partial charge in [-0.25, -0.2) is 9.59 Å². The minimum Gasteiger partial charge on any atom is -0.410 e. The quantitative estimate of drug-likeness (QED) is 0.842. The monoisotopic (exact) mass is 354 g/mol. The standard InChI is InChI=1S/C18H14N2O6/c1-11(19-18(24)25-12-7-3-2-4-8-12)17(23)26-20-15(21)13-9-5-6-10-14(13)16(20)22/h2-11H,1H3,(H,19,24). The molecule has 0 aromatic heterocycles. The molecular formula is C18H14N2O6. The Kier molecular flexibility index (Phi) is 4.66. The molecule has 132 valence electrons. The van der Waals surface area contributed by atoms with Gasteiger partial charge in [-0.1, -0.05) is 35.4 Å². The van der Waals surface area contributed by atoms with E-state index in [-0.39, 0.29) is 11.1 Å². The van der Waals surface area contributed by atoms with E-state index in [1.165, 1.54) is 19.1 Å². The summed E-state index contributed by atoms with van der Waals surface area (Å²) in [5.41, 5.74) is 0.295.